The number of alkyl carbamates (subject to hydrolysis) is 1. The highest BCUT2D eigenvalue weighted by Crippen LogP contribution is 2.44. The minimum atomic E-state index is -1.02. The van der Waals surface area contributed by atoms with E-state index in [4.69, 9.17) is 4.74 Å². The number of rotatable bonds is 6. The number of ether oxygens (including phenoxy) is 1. The molecule has 2 amide bonds. The SMILES string of the molecule is Cc1sc(CNC(=O)OCC2c3ccccc3-c3ccccc32)nc1C(=O)N1CSCC1C(=O)O. The number of aromatic nitrogens is 1. The summed E-state index contributed by atoms with van der Waals surface area (Å²) in [6.07, 6.45) is -0.561. The molecule has 0 bridgehead atoms. The molecular weight excluding hydrogens is 486 g/mol. The van der Waals surface area contributed by atoms with E-state index in [1.54, 1.807) is 6.92 Å². The molecule has 1 fully saturated rings. The minimum Gasteiger partial charge on any atom is -0.480 e. The van der Waals surface area contributed by atoms with Crippen LogP contribution in [0.5, 0.6) is 0 Å². The van der Waals surface area contributed by atoms with E-state index < -0.39 is 24.0 Å². The van der Waals surface area contributed by atoms with Crippen LogP contribution in [0.15, 0.2) is 48.5 Å². The van der Waals surface area contributed by atoms with Crippen molar-refractivity contribution >= 4 is 41.1 Å². The van der Waals surface area contributed by atoms with Crippen LogP contribution in [0.3, 0.4) is 0 Å². The zero-order chi connectivity index (χ0) is 24.5. The maximum Gasteiger partial charge on any atom is 0.407 e. The van der Waals surface area contributed by atoms with Crippen molar-refractivity contribution in [3.8, 4) is 11.1 Å². The first-order valence-corrected chi connectivity index (χ1v) is 13.1. The molecule has 1 atom stereocenters. The number of nitrogens with zero attached hydrogens (tertiary/aromatic N) is 2. The molecule has 1 saturated heterocycles. The van der Waals surface area contributed by atoms with Gasteiger partial charge in [-0.2, -0.15) is 0 Å². The Morgan fingerprint density at radius 3 is 2.43 bits per heavy atom. The second kappa shape index (κ2) is 9.71. The summed E-state index contributed by atoms with van der Waals surface area (Å²) in [6, 6.07) is 15.4. The molecule has 5 rings (SSSR count). The van der Waals surface area contributed by atoms with Crippen molar-refractivity contribution in [2.24, 2.45) is 0 Å². The van der Waals surface area contributed by atoms with Crippen LogP contribution in [-0.4, -0.2) is 57.2 Å². The Labute approximate surface area is 210 Å². The highest BCUT2D eigenvalue weighted by Gasteiger charge is 2.36. The van der Waals surface area contributed by atoms with Gasteiger partial charge in [0.2, 0.25) is 0 Å². The maximum absolute atomic E-state index is 12.9. The van der Waals surface area contributed by atoms with E-state index >= 15 is 0 Å². The standard InChI is InChI=1S/C25H23N3O5S2/c1-14-22(23(29)28-13-34-12-20(28)24(30)31)27-21(35-14)10-26-25(32)33-11-19-17-8-4-2-6-15(17)16-7-3-5-9-18(16)19/h2-9,19-20H,10-13H2,1H3,(H,26,32)(H,30,31). The lowest BCUT2D eigenvalue weighted by Gasteiger charge is -2.19. The average molecular weight is 510 g/mol. The molecule has 1 aromatic heterocycles. The lowest BCUT2D eigenvalue weighted by atomic mass is 9.98. The highest BCUT2D eigenvalue weighted by atomic mass is 32.2. The minimum absolute atomic E-state index is 0.0278. The predicted octanol–water partition coefficient (Wildman–Crippen LogP) is 4.09. The second-order valence-electron chi connectivity index (χ2n) is 8.32. The second-order valence-corrected chi connectivity index (χ2v) is 10.6. The molecule has 2 N–H and O–H groups in total. The van der Waals surface area contributed by atoms with Crippen molar-refractivity contribution in [1.82, 2.24) is 15.2 Å². The molecule has 1 unspecified atom stereocenters. The lowest BCUT2D eigenvalue weighted by Crippen LogP contribution is -2.42. The average Bonchev–Trinajstić information content (AvgIpc) is 3.57. The number of aryl methyl sites for hydroxylation is 1. The topological polar surface area (TPSA) is 109 Å². The number of hydrogen-bond donors (Lipinski definition) is 2. The third kappa shape index (κ3) is 4.51. The number of thiazole rings is 1. The summed E-state index contributed by atoms with van der Waals surface area (Å²) in [6.45, 7) is 2.09. The number of aliphatic carboxylic acids is 1. The van der Waals surface area contributed by atoms with E-state index in [2.05, 4.69) is 34.6 Å². The third-order valence-electron chi connectivity index (χ3n) is 6.20. The van der Waals surface area contributed by atoms with Gasteiger partial charge in [0.1, 0.15) is 23.4 Å². The molecule has 1 aliphatic heterocycles. The van der Waals surface area contributed by atoms with Gasteiger partial charge in [-0.15, -0.1) is 23.1 Å². The van der Waals surface area contributed by atoms with Crippen LogP contribution in [0.2, 0.25) is 0 Å². The number of hydrogen-bond acceptors (Lipinski definition) is 7. The van der Waals surface area contributed by atoms with Crippen LogP contribution in [0.25, 0.3) is 11.1 Å². The fourth-order valence-corrected chi connectivity index (χ4v) is 6.52. The predicted molar refractivity (Wildman–Crippen MR) is 134 cm³/mol. The van der Waals surface area contributed by atoms with Gasteiger partial charge in [-0.3, -0.25) is 4.79 Å². The summed E-state index contributed by atoms with van der Waals surface area (Å²) in [4.78, 5) is 43.1. The molecule has 35 heavy (non-hydrogen) atoms. The van der Waals surface area contributed by atoms with Gasteiger partial charge in [-0.05, 0) is 29.2 Å². The van der Waals surface area contributed by atoms with Gasteiger partial charge in [-0.25, -0.2) is 14.6 Å². The van der Waals surface area contributed by atoms with Gasteiger partial charge < -0.3 is 20.1 Å². The smallest absolute Gasteiger partial charge is 0.407 e. The fourth-order valence-electron chi connectivity index (χ4n) is 4.51. The van der Waals surface area contributed by atoms with Gasteiger partial charge in [0.05, 0.1) is 12.4 Å². The van der Waals surface area contributed by atoms with Crippen molar-refractivity contribution in [3.05, 3.63) is 75.2 Å². The van der Waals surface area contributed by atoms with Crippen LogP contribution in [-0.2, 0) is 16.1 Å². The first-order valence-electron chi connectivity index (χ1n) is 11.1. The monoisotopic (exact) mass is 509 g/mol. The first-order chi connectivity index (χ1) is 16.9. The number of thioether (sulfide) groups is 1. The summed E-state index contributed by atoms with van der Waals surface area (Å²) >= 11 is 2.70. The lowest BCUT2D eigenvalue weighted by molar-refractivity contribution is -0.140. The van der Waals surface area contributed by atoms with Crippen molar-refractivity contribution in [2.75, 3.05) is 18.2 Å². The van der Waals surface area contributed by atoms with Gasteiger partial charge in [0.25, 0.3) is 5.91 Å². The summed E-state index contributed by atoms with van der Waals surface area (Å²) in [5, 5.41) is 12.6. The Kier molecular flexibility index (Phi) is 6.48. The molecule has 1 aliphatic carbocycles. The van der Waals surface area contributed by atoms with Crippen molar-refractivity contribution in [2.45, 2.75) is 25.4 Å². The molecule has 2 aliphatic rings. The summed E-state index contributed by atoms with van der Waals surface area (Å²) < 4.78 is 5.55. The molecule has 180 valence electrons. The molecular formula is C25H23N3O5S2. The number of carboxylic acid groups (broad SMARTS) is 1. The van der Waals surface area contributed by atoms with Gasteiger partial charge in [-0.1, -0.05) is 48.5 Å². The quantitative estimate of drug-likeness (QED) is 0.515. The van der Waals surface area contributed by atoms with Crippen LogP contribution in [0, 0.1) is 6.92 Å². The molecule has 8 nitrogen and oxygen atoms in total. The van der Waals surface area contributed by atoms with Crippen LogP contribution < -0.4 is 5.32 Å². The van der Waals surface area contributed by atoms with Crippen molar-refractivity contribution in [3.63, 3.8) is 0 Å². The van der Waals surface area contributed by atoms with Gasteiger partial charge >= 0.3 is 12.1 Å². The van der Waals surface area contributed by atoms with E-state index in [-0.39, 0.29) is 24.8 Å². The number of carboxylic acids is 1. The molecule has 0 radical (unpaired) electrons. The summed E-state index contributed by atoms with van der Waals surface area (Å²) in [5.74, 6) is -0.766. The molecule has 2 aromatic carbocycles. The van der Waals surface area contributed by atoms with E-state index in [1.807, 2.05) is 24.3 Å². The Balaban J connectivity index is 1.20. The van der Waals surface area contributed by atoms with E-state index in [1.165, 1.54) is 28.0 Å². The Hall–Kier alpha value is -3.37. The zero-order valence-electron chi connectivity index (χ0n) is 18.9. The first kappa shape index (κ1) is 23.4. The summed E-state index contributed by atoms with van der Waals surface area (Å²) in [5.41, 5.74) is 4.83. The number of amides is 2. The van der Waals surface area contributed by atoms with E-state index in [0.717, 1.165) is 22.3 Å². The molecule has 0 spiro atoms. The maximum atomic E-state index is 12.9. The largest absolute Gasteiger partial charge is 0.480 e. The van der Waals surface area contributed by atoms with Crippen LogP contribution >= 0.6 is 23.1 Å². The number of fused-ring (bicyclic) bond motifs is 3. The molecule has 2 heterocycles. The Morgan fingerprint density at radius 2 is 1.77 bits per heavy atom. The molecule has 0 saturated carbocycles. The normalized spacial score (nSPS) is 16.6. The van der Waals surface area contributed by atoms with E-state index in [9.17, 15) is 19.5 Å². The fraction of sp³-hybridized carbons (Fsp3) is 0.280. The van der Waals surface area contributed by atoms with Gasteiger partial charge in [0, 0.05) is 16.5 Å². The number of carbonyl (C=O) groups is 3. The van der Waals surface area contributed by atoms with Gasteiger partial charge in [0.15, 0.2) is 0 Å². The number of benzene rings is 2. The van der Waals surface area contributed by atoms with Crippen LogP contribution in [0.1, 0.15) is 37.4 Å². The molecule has 10 heteroatoms. The third-order valence-corrected chi connectivity index (χ3v) is 8.18. The summed E-state index contributed by atoms with van der Waals surface area (Å²) in [7, 11) is 0. The van der Waals surface area contributed by atoms with Crippen molar-refractivity contribution < 1.29 is 24.2 Å². The van der Waals surface area contributed by atoms with Crippen LogP contribution in [0.4, 0.5) is 4.79 Å². The zero-order valence-corrected chi connectivity index (χ0v) is 20.5. The van der Waals surface area contributed by atoms with E-state index in [0.29, 0.717) is 21.5 Å². The Bertz CT molecular complexity index is 1260. The number of carbonyl (C=O) groups excluding carboxylic acids is 2. The number of nitrogens with one attached hydrogen (secondary N) is 1. The Morgan fingerprint density at radius 1 is 1.11 bits per heavy atom. The van der Waals surface area contributed by atoms with Crippen molar-refractivity contribution in [1.29, 1.82) is 0 Å². The highest BCUT2D eigenvalue weighted by molar-refractivity contribution is 7.99. The molecule has 3 aromatic rings.